The summed E-state index contributed by atoms with van der Waals surface area (Å²) in [6.45, 7) is 7.32. The fraction of sp³-hybridized carbons (Fsp3) is 0.615. The topological polar surface area (TPSA) is 62.0 Å². The minimum atomic E-state index is 0.446. The van der Waals surface area contributed by atoms with Crippen molar-refractivity contribution in [3.8, 4) is 6.07 Å². The molecule has 0 aliphatic carbocycles. The lowest BCUT2D eigenvalue weighted by atomic mass is 10.1. The number of nitrogens with zero attached hydrogens (tertiary/aromatic N) is 4. The van der Waals surface area contributed by atoms with Gasteiger partial charge in [0, 0.05) is 25.6 Å². The maximum absolute atomic E-state index is 9.04. The molecule has 1 aliphatic heterocycles. The third kappa shape index (κ3) is 3.17. The van der Waals surface area contributed by atoms with E-state index in [-0.39, 0.29) is 0 Å². The Morgan fingerprint density at radius 3 is 2.72 bits per heavy atom. The van der Waals surface area contributed by atoms with Gasteiger partial charge in [-0.15, -0.1) is 0 Å². The summed E-state index contributed by atoms with van der Waals surface area (Å²) in [4.78, 5) is 11.0. The third-order valence-electron chi connectivity index (χ3n) is 2.80. The Hall–Kier alpha value is -1.67. The zero-order valence-electron chi connectivity index (χ0n) is 10.9. The van der Waals surface area contributed by atoms with Crippen molar-refractivity contribution in [1.29, 1.82) is 5.26 Å². The number of aromatic nitrogens is 2. The molecule has 0 radical (unpaired) electrons. The first kappa shape index (κ1) is 12.8. The van der Waals surface area contributed by atoms with E-state index in [1.807, 2.05) is 0 Å². The molecule has 0 unspecified atom stereocenters. The fourth-order valence-electron chi connectivity index (χ4n) is 1.95. The summed E-state index contributed by atoms with van der Waals surface area (Å²) in [5.74, 6) is 2.09. The first-order chi connectivity index (χ1) is 8.69. The van der Waals surface area contributed by atoms with E-state index in [0.29, 0.717) is 24.8 Å². The molecule has 2 heterocycles. The average molecular weight is 246 g/mol. The molecule has 0 aromatic carbocycles. The van der Waals surface area contributed by atoms with Crippen LogP contribution in [0.15, 0.2) is 6.07 Å². The number of ether oxygens (including phenoxy) is 1. The fourth-order valence-corrected chi connectivity index (χ4v) is 1.95. The van der Waals surface area contributed by atoms with E-state index in [9.17, 15) is 0 Å². The van der Waals surface area contributed by atoms with Gasteiger partial charge in [0.2, 0.25) is 0 Å². The first-order valence-corrected chi connectivity index (χ1v) is 6.30. The highest BCUT2D eigenvalue weighted by molar-refractivity contribution is 5.43. The highest BCUT2D eigenvalue weighted by Gasteiger charge is 2.15. The van der Waals surface area contributed by atoms with Gasteiger partial charge in [-0.25, -0.2) is 9.97 Å². The molecule has 1 aromatic rings. The Morgan fingerprint density at radius 2 is 2.11 bits per heavy atom. The zero-order chi connectivity index (χ0) is 13.0. The number of morpholine rings is 1. The Labute approximate surface area is 107 Å². The second-order valence-electron chi connectivity index (χ2n) is 4.84. The Kier molecular flexibility index (Phi) is 4.11. The number of hydrogen-bond acceptors (Lipinski definition) is 5. The van der Waals surface area contributed by atoms with Crippen LogP contribution in [0.25, 0.3) is 0 Å². The van der Waals surface area contributed by atoms with Gasteiger partial charge in [0.05, 0.1) is 13.2 Å². The van der Waals surface area contributed by atoms with Gasteiger partial charge in [-0.2, -0.15) is 5.26 Å². The summed E-state index contributed by atoms with van der Waals surface area (Å²) >= 11 is 0. The summed E-state index contributed by atoms with van der Waals surface area (Å²) in [6, 6.07) is 3.87. The van der Waals surface area contributed by atoms with E-state index in [1.165, 1.54) is 0 Å². The van der Waals surface area contributed by atoms with E-state index < -0.39 is 0 Å². The lowest BCUT2D eigenvalue weighted by Crippen LogP contribution is -2.37. The van der Waals surface area contributed by atoms with Crippen LogP contribution >= 0.6 is 0 Å². The lowest BCUT2D eigenvalue weighted by molar-refractivity contribution is 0.122. The summed E-state index contributed by atoms with van der Waals surface area (Å²) in [6.07, 6.45) is 0.798. The van der Waals surface area contributed by atoms with E-state index in [1.54, 1.807) is 6.07 Å². The summed E-state index contributed by atoms with van der Waals surface area (Å²) in [5.41, 5.74) is 0.446. The third-order valence-corrected chi connectivity index (χ3v) is 2.80. The van der Waals surface area contributed by atoms with Gasteiger partial charge < -0.3 is 9.64 Å². The van der Waals surface area contributed by atoms with E-state index in [4.69, 9.17) is 10.00 Å². The highest BCUT2D eigenvalue weighted by atomic mass is 16.5. The van der Waals surface area contributed by atoms with Crippen molar-refractivity contribution >= 4 is 5.82 Å². The van der Waals surface area contributed by atoms with Gasteiger partial charge in [0.25, 0.3) is 0 Å². The normalized spacial score (nSPS) is 15.8. The van der Waals surface area contributed by atoms with Crippen LogP contribution in [-0.4, -0.2) is 36.3 Å². The maximum atomic E-state index is 9.04. The van der Waals surface area contributed by atoms with Crippen LogP contribution in [-0.2, 0) is 11.2 Å². The summed E-state index contributed by atoms with van der Waals surface area (Å²) in [5, 5.41) is 9.04. The van der Waals surface area contributed by atoms with Gasteiger partial charge in [-0.05, 0) is 5.92 Å². The standard InChI is InChI=1S/C13H18N4O/c1-10(2)7-12-15-11(9-14)8-13(16-12)17-3-5-18-6-4-17/h8,10H,3-7H2,1-2H3. The molecule has 0 amide bonds. The van der Waals surface area contributed by atoms with E-state index >= 15 is 0 Å². The van der Waals surface area contributed by atoms with E-state index in [0.717, 1.165) is 31.2 Å². The van der Waals surface area contributed by atoms with Crippen LogP contribution in [0.3, 0.4) is 0 Å². The molecule has 5 nitrogen and oxygen atoms in total. The zero-order valence-corrected chi connectivity index (χ0v) is 10.9. The molecule has 0 N–H and O–H groups in total. The van der Waals surface area contributed by atoms with Crippen molar-refractivity contribution in [2.24, 2.45) is 5.92 Å². The number of hydrogen-bond donors (Lipinski definition) is 0. The molecule has 0 spiro atoms. The number of nitriles is 1. The van der Waals surface area contributed by atoms with Crippen LogP contribution in [0.4, 0.5) is 5.82 Å². The SMILES string of the molecule is CC(C)Cc1nc(C#N)cc(N2CCOCC2)n1. The lowest BCUT2D eigenvalue weighted by Gasteiger charge is -2.28. The van der Waals surface area contributed by atoms with E-state index in [2.05, 4.69) is 34.8 Å². The molecule has 0 saturated carbocycles. The molecular weight excluding hydrogens is 228 g/mol. The predicted octanol–water partition coefficient (Wildman–Crippen LogP) is 1.38. The minimum absolute atomic E-state index is 0.446. The summed E-state index contributed by atoms with van der Waals surface area (Å²) in [7, 11) is 0. The number of anilines is 1. The van der Waals surface area contributed by atoms with Crippen molar-refractivity contribution in [2.75, 3.05) is 31.2 Å². The van der Waals surface area contributed by atoms with Crippen LogP contribution in [0.2, 0.25) is 0 Å². The van der Waals surface area contributed by atoms with Gasteiger partial charge in [-0.1, -0.05) is 13.8 Å². The monoisotopic (exact) mass is 246 g/mol. The van der Waals surface area contributed by atoms with Gasteiger partial charge in [-0.3, -0.25) is 0 Å². The van der Waals surface area contributed by atoms with Crippen LogP contribution in [0.1, 0.15) is 25.4 Å². The van der Waals surface area contributed by atoms with Gasteiger partial charge >= 0.3 is 0 Å². The molecule has 96 valence electrons. The maximum Gasteiger partial charge on any atom is 0.146 e. The second kappa shape index (κ2) is 5.78. The van der Waals surface area contributed by atoms with Gasteiger partial charge in [0.15, 0.2) is 0 Å². The molecule has 0 bridgehead atoms. The minimum Gasteiger partial charge on any atom is -0.378 e. The van der Waals surface area contributed by atoms with Crippen LogP contribution in [0.5, 0.6) is 0 Å². The van der Waals surface area contributed by atoms with Gasteiger partial charge in [0.1, 0.15) is 23.4 Å². The molecule has 0 atom stereocenters. The van der Waals surface area contributed by atoms with Crippen molar-refractivity contribution in [3.63, 3.8) is 0 Å². The molecule has 5 heteroatoms. The smallest absolute Gasteiger partial charge is 0.146 e. The predicted molar refractivity (Wildman–Crippen MR) is 68.3 cm³/mol. The molecule has 18 heavy (non-hydrogen) atoms. The molecule has 1 aliphatic rings. The average Bonchev–Trinajstić information content (AvgIpc) is 2.38. The molecular formula is C13H18N4O. The van der Waals surface area contributed by atoms with Crippen molar-refractivity contribution in [1.82, 2.24) is 9.97 Å². The Morgan fingerprint density at radius 1 is 1.39 bits per heavy atom. The molecule has 1 fully saturated rings. The van der Waals surface area contributed by atoms with Crippen molar-refractivity contribution in [2.45, 2.75) is 20.3 Å². The van der Waals surface area contributed by atoms with Crippen molar-refractivity contribution in [3.05, 3.63) is 17.6 Å². The first-order valence-electron chi connectivity index (χ1n) is 6.30. The van der Waals surface area contributed by atoms with Crippen LogP contribution < -0.4 is 4.90 Å². The molecule has 1 saturated heterocycles. The van der Waals surface area contributed by atoms with Crippen molar-refractivity contribution < 1.29 is 4.74 Å². The second-order valence-corrected chi connectivity index (χ2v) is 4.84. The molecule has 1 aromatic heterocycles. The summed E-state index contributed by atoms with van der Waals surface area (Å²) < 4.78 is 5.32. The molecule has 2 rings (SSSR count). The Bertz CT molecular complexity index is 447. The largest absolute Gasteiger partial charge is 0.378 e. The Balaban J connectivity index is 2.25. The number of rotatable bonds is 3. The quantitative estimate of drug-likeness (QED) is 0.806. The van der Waals surface area contributed by atoms with Crippen LogP contribution in [0, 0.1) is 17.2 Å². The highest BCUT2D eigenvalue weighted by Crippen LogP contribution is 2.15.